The Labute approximate surface area is 123 Å². The van der Waals surface area contributed by atoms with Crippen molar-refractivity contribution in [1.29, 1.82) is 0 Å². The first-order chi connectivity index (χ1) is 10.3. The number of methoxy groups -OCH3 is 1. The lowest BCUT2D eigenvalue weighted by molar-refractivity contribution is -0.142. The fourth-order valence-corrected chi connectivity index (χ4v) is 2.49. The number of rotatable bonds is 4. The fraction of sp³-hybridized carbons (Fsp3) is 0.176. The van der Waals surface area contributed by atoms with Crippen molar-refractivity contribution in [2.45, 2.75) is 12.5 Å². The third kappa shape index (κ3) is 2.65. The highest BCUT2D eigenvalue weighted by atomic mass is 16.5. The molecule has 0 N–H and O–H groups in total. The third-order valence-corrected chi connectivity index (χ3v) is 3.59. The van der Waals surface area contributed by atoms with Gasteiger partial charge in [-0.15, -0.1) is 0 Å². The zero-order valence-corrected chi connectivity index (χ0v) is 11.8. The minimum absolute atomic E-state index is 0.249. The Bertz CT molecular complexity index is 750. The van der Waals surface area contributed by atoms with Crippen molar-refractivity contribution in [1.82, 2.24) is 9.78 Å². The van der Waals surface area contributed by atoms with Crippen molar-refractivity contribution in [3.8, 4) is 0 Å². The second kappa shape index (κ2) is 5.79. The number of hydrogen-bond acceptors (Lipinski definition) is 3. The number of carbonyl (C=O) groups excluding carboxylic acids is 1. The van der Waals surface area contributed by atoms with E-state index in [1.165, 1.54) is 7.11 Å². The summed E-state index contributed by atoms with van der Waals surface area (Å²) >= 11 is 0. The Kier molecular flexibility index (Phi) is 3.69. The first-order valence-electron chi connectivity index (χ1n) is 6.83. The molecule has 21 heavy (non-hydrogen) atoms. The topological polar surface area (TPSA) is 44.1 Å². The minimum atomic E-state index is -0.362. The number of carbonyl (C=O) groups is 1. The van der Waals surface area contributed by atoms with Crippen molar-refractivity contribution < 1.29 is 9.53 Å². The van der Waals surface area contributed by atoms with Gasteiger partial charge in [-0.3, -0.25) is 9.48 Å². The van der Waals surface area contributed by atoms with E-state index >= 15 is 0 Å². The molecule has 0 aliphatic heterocycles. The van der Waals surface area contributed by atoms with Crippen LogP contribution in [-0.2, 0) is 16.1 Å². The van der Waals surface area contributed by atoms with Gasteiger partial charge in [0.05, 0.1) is 25.4 Å². The summed E-state index contributed by atoms with van der Waals surface area (Å²) in [7, 11) is 1.42. The smallest absolute Gasteiger partial charge is 0.315 e. The van der Waals surface area contributed by atoms with Gasteiger partial charge in [0.15, 0.2) is 0 Å². The normalized spacial score (nSPS) is 12.2. The molecule has 1 unspecified atom stereocenters. The third-order valence-electron chi connectivity index (χ3n) is 3.59. The number of hydrogen-bond donors (Lipinski definition) is 0. The molecule has 0 amide bonds. The summed E-state index contributed by atoms with van der Waals surface area (Å²) in [5.41, 5.74) is 1.95. The van der Waals surface area contributed by atoms with E-state index in [1.54, 1.807) is 0 Å². The van der Waals surface area contributed by atoms with Crippen molar-refractivity contribution >= 4 is 16.9 Å². The Balaban J connectivity index is 1.97. The SMILES string of the molecule is COC(=O)C(Cn1ncc2ccccc21)c1ccccc1. The van der Waals surface area contributed by atoms with Crippen molar-refractivity contribution in [3.05, 3.63) is 66.4 Å². The summed E-state index contributed by atoms with van der Waals surface area (Å²) in [6.45, 7) is 0.463. The summed E-state index contributed by atoms with van der Waals surface area (Å²) in [4.78, 5) is 12.1. The summed E-state index contributed by atoms with van der Waals surface area (Å²) in [6, 6.07) is 17.6. The molecule has 0 saturated heterocycles. The molecule has 0 saturated carbocycles. The average Bonchev–Trinajstić information content (AvgIpc) is 2.96. The zero-order chi connectivity index (χ0) is 14.7. The predicted octanol–water partition coefficient (Wildman–Crippen LogP) is 2.99. The second-order valence-corrected chi connectivity index (χ2v) is 4.87. The van der Waals surface area contributed by atoms with Gasteiger partial charge in [-0.25, -0.2) is 0 Å². The van der Waals surface area contributed by atoms with Crippen LogP contribution in [0.1, 0.15) is 11.5 Å². The Hall–Kier alpha value is -2.62. The first-order valence-corrected chi connectivity index (χ1v) is 6.83. The van der Waals surface area contributed by atoms with E-state index in [-0.39, 0.29) is 11.9 Å². The van der Waals surface area contributed by atoms with Crippen LogP contribution in [0.3, 0.4) is 0 Å². The van der Waals surface area contributed by atoms with Crippen molar-refractivity contribution in [3.63, 3.8) is 0 Å². The van der Waals surface area contributed by atoms with Crippen molar-refractivity contribution in [2.75, 3.05) is 7.11 Å². The Morgan fingerprint density at radius 3 is 2.62 bits per heavy atom. The van der Waals surface area contributed by atoms with Crippen LogP contribution in [0, 0.1) is 0 Å². The quantitative estimate of drug-likeness (QED) is 0.690. The Morgan fingerprint density at radius 2 is 1.86 bits per heavy atom. The van der Waals surface area contributed by atoms with E-state index in [1.807, 2.05) is 65.5 Å². The summed E-state index contributed by atoms with van der Waals surface area (Å²) in [5.74, 6) is -0.611. The molecular formula is C17H16N2O2. The van der Waals surface area contributed by atoms with Gasteiger partial charge in [-0.05, 0) is 11.6 Å². The van der Waals surface area contributed by atoms with Gasteiger partial charge < -0.3 is 4.74 Å². The van der Waals surface area contributed by atoms with E-state index in [9.17, 15) is 4.79 Å². The van der Waals surface area contributed by atoms with Gasteiger partial charge in [-0.1, -0.05) is 48.5 Å². The van der Waals surface area contributed by atoms with Crippen LogP contribution in [0.25, 0.3) is 10.9 Å². The molecule has 0 aliphatic rings. The molecule has 0 fully saturated rings. The molecule has 106 valence electrons. The monoisotopic (exact) mass is 280 g/mol. The van der Waals surface area contributed by atoms with Crippen LogP contribution in [0.2, 0.25) is 0 Å². The van der Waals surface area contributed by atoms with E-state index in [0.29, 0.717) is 6.54 Å². The van der Waals surface area contributed by atoms with E-state index in [0.717, 1.165) is 16.5 Å². The van der Waals surface area contributed by atoms with Crippen LogP contribution in [0.4, 0.5) is 0 Å². The second-order valence-electron chi connectivity index (χ2n) is 4.87. The summed E-state index contributed by atoms with van der Waals surface area (Å²) < 4.78 is 6.80. The molecule has 0 aliphatic carbocycles. The lowest BCUT2D eigenvalue weighted by Crippen LogP contribution is -2.20. The van der Waals surface area contributed by atoms with Crippen LogP contribution in [0.15, 0.2) is 60.8 Å². The first kappa shape index (κ1) is 13.4. The van der Waals surface area contributed by atoms with Gasteiger partial charge in [-0.2, -0.15) is 5.10 Å². The molecule has 4 nitrogen and oxygen atoms in total. The number of nitrogens with zero attached hydrogens (tertiary/aromatic N) is 2. The number of benzene rings is 2. The van der Waals surface area contributed by atoms with Crippen LogP contribution in [0.5, 0.6) is 0 Å². The molecule has 0 bridgehead atoms. The standard InChI is InChI=1S/C17H16N2O2/c1-21-17(20)15(13-7-3-2-4-8-13)12-19-16-10-6-5-9-14(16)11-18-19/h2-11,15H,12H2,1H3. The van der Waals surface area contributed by atoms with Crippen LogP contribution >= 0.6 is 0 Å². The van der Waals surface area contributed by atoms with E-state index in [2.05, 4.69) is 5.10 Å². The molecule has 1 atom stereocenters. The molecule has 0 radical (unpaired) electrons. The molecule has 3 aromatic rings. The maximum Gasteiger partial charge on any atom is 0.315 e. The fourth-order valence-electron chi connectivity index (χ4n) is 2.49. The lowest BCUT2D eigenvalue weighted by atomic mass is 9.99. The number of ether oxygens (including phenoxy) is 1. The highest BCUT2D eigenvalue weighted by molar-refractivity contribution is 5.80. The van der Waals surface area contributed by atoms with Gasteiger partial charge in [0.25, 0.3) is 0 Å². The molecule has 2 aromatic carbocycles. The minimum Gasteiger partial charge on any atom is -0.468 e. The Morgan fingerprint density at radius 1 is 1.14 bits per heavy atom. The molecule has 1 aromatic heterocycles. The zero-order valence-electron chi connectivity index (χ0n) is 11.8. The summed E-state index contributed by atoms with van der Waals surface area (Å²) in [5, 5.41) is 5.45. The molecule has 4 heteroatoms. The molecular weight excluding hydrogens is 264 g/mol. The number of fused-ring (bicyclic) bond motifs is 1. The molecule has 0 spiro atoms. The molecule has 3 rings (SSSR count). The van der Waals surface area contributed by atoms with Gasteiger partial charge in [0.1, 0.15) is 5.92 Å². The van der Waals surface area contributed by atoms with Gasteiger partial charge >= 0.3 is 5.97 Å². The van der Waals surface area contributed by atoms with Crippen LogP contribution < -0.4 is 0 Å². The highest BCUT2D eigenvalue weighted by Gasteiger charge is 2.22. The van der Waals surface area contributed by atoms with E-state index < -0.39 is 0 Å². The van der Waals surface area contributed by atoms with Crippen molar-refractivity contribution in [2.24, 2.45) is 0 Å². The average molecular weight is 280 g/mol. The molecule has 1 heterocycles. The number of esters is 1. The lowest BCUT2D eigenvalue weighted by Gasteiger charge is -2.15. The van der Waals surface area contributed by atoms with Crippen LogP contribution in [-0.4, -0.2) is 22.9 Å². The number of para-hydroxylation sites is 1. The maximum absolute atomic E-state index is 12.1. The van der Waals surface area contributed by atoms with E-state index in [4.69, 9.17) is 4.74 Å². The highest BCUT2D eigenvalue weighted by Crippen LogP contribution is 2.22. The van der Waals surface area contributed by atoms with Gasteiger partial charge in [0, 0.05) is 5.39 Å². The summed E-state index contributed by atoms with van der Waals surface area (Å²) in [6.07, 6.45) is 1.81. The maximum atomic E-state index is 12.1. The predicted molar refractivity (Wildman–Crippen MR) is 80.9 cm³/mol. The largest absolute Gasteiger partial charge is 0.468 e. The number of aromatic nitrogens is 2. The van der Waals surface area contributed by atoms with Gasteiger partial charge in [0.2, 0.25) is 0 Å².